The molecule has 5 nitrogen and oxygen atoms in total. The summed E-state index contributed by atoms with van der Waals surface area (Å²) in [6, 6.07) is 1.01. The number of anilines is 2. The van der Waals surface area contributed by atoms with Crippen LogP contribution in [0.1, 0.15) is 19.0 Å². The molecule has 0 aliphatic rings. The van der Waals surface area contributed by atoms with Gasteiger partial charge in [0.1, 0.15) is 5.82 Å². The second-order valence-electron chi connectivity index (χ2n) is 4.97. The summed E-state index contributed by atoms with van der Waals surface area (Å²) in [7, 11) is 5.35. The molecule has 0 bridgehead atoms. The lowest BCUT2D eigenvalue weighted by Gasteiger charge is -2.25. The van der Waals surface area contributed by atoms with E-state index in [1.54, 1.807) is 0 Å². The van der Waals surface area contributed by atoms with Crippen molar-refractivity contribution in [2.45, 2.75) is 19.5 Å². The van der Waals surface area contributed by atoms with Gasteiger partial charge in [-0.1, -0.05) is 6.92 Å². The second-order valence-corrected chi connectivity index (χ2v) is 4.97. The van der Waals surface area contributed by atoms with Gasteiger partial charge in [0.2, 0.25) is 5.95 Å². The van der Waals surface area contributed by atoms with E-state index in [-0.39, 0.29) is 5.95 Å². The van der Waals surface area contributed by atoms with Gasteiger partial charge in [0.15, 0.2) is 5.69 Å². The van der Waals surface area contributed by atoms with Crippen LogP contribution in [0.3, 0.4) is 0 Å². The number of rotatable bonds is 7. The average molecular weight is 305 g/mol. The van der Waals surface area contributed by atoms with Gasteiger partial charge in [-0.2, -0.15) is 18.2 Å². The Kier molecular flexibility index (Phi) is 6.19. The summed E-state index contributed by atoms with van der Waals surface area (Å²) >= 11 is 0. The van der Waals surface area contributed by atoms with Crippen molar-refractivity contribution in [1.29, 1.82) is 0 Å². The smallest absolute Gasteiger partial charge is 0.357 e. The Balaban J connectivity index is 3.11. The van der Waals surface area contributed by atoms with Crippen LogP contribution in [0.5, 0.6) is 0 Å². The zero-order valence-electron chi connectivity index (χ0n) is 12.8. The Labute approximate surface area is 123 Å². The normalized spacial score (nSPS) is 11.8. The number of likely N-dealkylation sites (N-methyl/N-ethyl adjacent to an activating group) is 1. The molecule has 0 spiro atoms. The first-order valence-corrected chi connectivity index (χ1v) is 6.81. The van der Waals surface area contributed by atoms with Crippen LogP contribution in [0.15, 0.2) is 6.07 Å². The minimum atomic E-state index is -4.48. The molecule has 0 saturated heterocycles. The largest absolute Gasteiger partial charge is 0.433 e. The fourth-order valence-electron chi connectivity index (χ4n) is 1.78. The zero-order valence-corrected chi connectivity index (χ0v) is 12.8. The molecule has 21 heavy (non-hydrogen) atoms. The summed E-state index contributed by atoms with van der Waals surface area (Å²) in [6.07, 6.45) is -3.66. The number of hydrogen-bond donors (Lipinski definition) is 1. The minimum absolute atomic E-state index is 0.0224. The SMILES string of the molecule is CCCN(CCN(C)C)c1cc(C(F)(F)F)nc(NC)n1. The van der Waals surface area contributed by atoms with Crippen molar-refractivity contribution in [3.05, 3.63) is 11.8 Å². The molecule has 0 unspecified atom stereocenters. The van der Waals surface area contributed by atoms with Crippen LogP contribution in [-0.4, -0.2) is 55.6 Å². The van der Waals surface area contributed by atoms with Gasteiger partial charge in [-0.3, -0.25) is 0 Å². The Hall–Kier alpha value is -1.57. The van der Waals surface area contributed by atoms with Crippen LogP contribution in [-0.2, 0) is 6.18 Å². The van der Waals surface area contributed by atoms with Crippen LogP contribution in [0, 0.1) is 0 Å². The van der Waals surface area contributed by atoms with E-state index >= 15 is 0 Å². The van der Waals surface area contributed by atoms with Crippen LogP contribution in [0.2, 0.25) is 0 Å². The minimum Gasteiger partial charge on any atom is -0.357 e. The number of nitrogens with zero attached hydrogens (tertiary/aromatic N) is 4. The number of alkyl halides is 3. The zero-order chi connectivity index (χ0) is 16.0. The maximum absolute atomic E-state index is 12.9. The van der Waals surface area contributed by atoms with Gasteiger partial charge in [-0.15, -0.1) is 0 Å². The molecule has 0 saturated carbocycles. The van der Waals surface area contributed by atoms with Crippen LogP contribution in [0.25, 0.3) is 0 Å². The van der Waals surface area contributed by atoms with Crippen molar-refractivity contribution < 1.29 is 13.2 Å². The van der Waals surface area contributed by atoms with Gasteiger partial charge < -0.3 is 15.1 Å². The third-order valence-corrected chi connectivity index (χ3v) is 2.86. The molecule has 1 rings (SSSR count). The molecule has 8 heteroatoms. The third kappa shape index (κ3) is 5.37. The van der Waals surface area contributed by atoms with Crippen molar-refractivity contribution in [2.75, 3.05) is 51.0 Å². The van der Waals surface area contributed by atoms with E-state index in [0.29, 0.717) is 18.9 Å². The molecular weight excluding hydrogens is 283 g/mol. The standard InChI is InChI=1S/C13H22F3N5/c1-5-6-21(8-7-20(3)4)11-9-10(13(14,15)16)18-12(17-2)19-11/h9H,5-8H2,1-4H3,(H,17,18,19). The highest BCUT2D eigenvalue weighted by Crippen LogP contribution is 2.30. The maximum atomic E-state index is 12.9. The van der Waals surface area contributed by atoms with E-state index < -0.39 is 11.9 Å². The molecule has 1 N–H and O–H groups in total. The molecule has 0 radical (unpaired) electrons. The molecule has 1 aromatic heterocycles. The predicted molar refractivity (Wildman–Crippen MR) is 77.6 cm³/mol. The Morgan fingerprint density at radius 2 is 1.81 bits per heavy atom. The highest BCUT2D eigenvalue weighted by Gasteiger charge is 2.34. The summed E-state index contributed by atoms with van der Waals surface area (Å²) in [4.78, 5) is 11.4. The van der Waals surface area contributed by atoms with Crippen LogP contribution >= 0.6 is 0 Å². The van der Waals surface area contributed by atoms with Crippen LogP contribution in [0.4, 0.5) is 24.9 Å². The predicted octanol–water partition coefficient (Wildman–Crippen LogP) is 2.32. The number of nitrogens with one attached hydrogen (secondary N) is 1. The summed E-state index contributed by atoms with van der Waals surface area (Å²) < 4.78 is 38.7. The van der Waals surface area contributed by atoms with Gasteiger partial charge >= 0.3 is 6.18 Å². The average Bonchev–Trinajstić information content (AvgIpc) is 2.41. The Morgan fingerprint density at radius 3 is 2.29 bits per heavy atom. The molecule has 0 aliphatic heterocycles. The number of halogens is 3. The Bertz CT molecular complexity index is 448. The van der Waals surface area contributed by atoms with E-state index in [4.69, 9.17) is 0 Å². The third-order valence-electron chi connectivity index (χ3n) is 2.86. The van der Waals surface area contributed by atoms with Gasteiger partial charge in [0.05, 0.1) is 0 Å². The first-order valence-electron chi connectivity index (χ1n) is 6.81. The summed E-state index contributed by atoms with van der Waals surface area (Å²) in [5.41, 5.74) is -0.928. The second kappa shape index (κ2) is 7.44. The van der Waals surface area contributed by atoms with Crippen molar-refractivity contribution in [2.24, 2.45) is 0 Å². The van der Waals surface area contributed by atoms with Crippen molar-refractivity contribution in [1.82, 2.24) is 14.9 Å². The molecule has 0 aliphatic carbocycles. The van der Waals surface area contributed by atoms with Gasteiger partial charge in [0, 0.05) is 32.7 Å². The summed E-state index contributed by atoms with van der Waals surface area (Å²) in [5, 5.41) is 2.58. The summed E-state index contributed by atoms with van der Waals surface area (Å²) in [5.74, 6) is 0.274. The summed E-state index contributed by atoms with van der Waals surface area (Å²) in [6.45, 7) is 3.97. The highest BCUT2D eigenvalue weighted by atomic mass is 19.4. The van der Waals surface area contributed by atoms with Crippen LogP contribution < -0.4 is 10.2 Å². The molecule has 0 amide bonds. The topological polar surface area (TPSA) is 44.3 Å². The number of hydrogen-bond acceptors (Lipinski definition) is 5. The first kappa shape index (κ1) is 17.5. The molecular formula is C13H22F3N5. The van der Waals surface area contributed by atoms with Crippen molar-refractivity contribution >= 4 is 11.8 Å². The highest BCUT2D eigenvalue weighted by molar-refractivity contribution is 5.45. The molecule has 0 fully saturated rings. The number of aromatic nitrogens is 2. The van der Waals surface area contributed by atoms with Gasteiger partial charge in [-0.05, 0) is 20.5 Å². The Morgan fingerprint density at radius 1 is 1.14 bits per heavy atom. The molecule has 120 valence electrons. The first-order chi connectivity index (χ1) is 9.77. The van der Waals surface area contributed by atoms with Crippen molar-refractivity contribution in [3.63, 3.8) is 0 Å². The van der Waals surface area contributed by atoms with E-state index in [1.165, 1.54) is 7.05 Å². The lowest BCUT2D eigenvalue weighted by molar-refractivity contribution is -0.141. The van der Waals surface area contributed by atoms with Crippen molar-refractivity contribution in [3.8, 4) is 0 Å². The van der Waals surface area contributed by atoms with E-state index in [0.717, 1.165) is 19.0 Å². The molecule has 1 aromatic rings. The maximum Gasteiger partial charge on any atom is 0.433 e. The fourth-order valence-corrected chi connectivity index (χ4v) is 1.78. The monoisotopic (exact) mass is 305 g/mol. The van der Waals surface area contributed by atoms with E-state index in [1.807, 2.05) is 30.8 Å². The fraction of sp³-hybridized carbons (Fsp3) is 0.692. The van der Waals surface area contributed by atoms with E-state index in [9.17, 15) is 13.2 Å². The quantitative estimate of drug-likeness (QED) is 0.837. The molecule has 1 heterocycles. The molecule has 0 aromatic carbocycles. The lowest BCUT2D eigenvalue weighted by Crippen LogP contribution is -2.33. The van der Waals surface area contributed by atoms with Gasteiger partial charge in [-0.25, -0.2) is 4.98 Å². The van der Waals surface area contributed by atoms with E-state index in [2.05, 4.69) is 15.3 Å². The lowest BCUT2D eigenvalue weighted by atomic mass is 10.3. The molecule has 0 atom stereocenters. The van der Waals surface area contributed by atoms with Gasteiger partial charge in [0.25, 0.3) is 0 Å².